The van der Waals surface area contributed by atoms with Gasteiger partial charge in [0.25, 0.3) is 11.6 Å². The van der Waals surface area contributed by atoms with Crippen molar-refractivity contribution in [2.45, 2.75) is 13.5 Å². The molecule has 0 spiro atoms. The van der Waals surface area contributed by atoms with E-state index in [0.29, 0.717) is 39.5 Å². The number of rotatable bonds is 10. The average molecular weight is 607 g/mol. The van der Waals surface area contributed by atoms with Crippen molar-refractivity contribution in [3.8, 4) is 17.2 Å². The molecule has 3 aromatic carbocycles. The van der Waals surface area contributed by atoms with E-state index in [2.05, 4.69) is 42.4 Å². The van der Waals surface area contributed by atoms with Gasteiger partial charge in [-0.3, -0.25) is 14.9 Å². The summed E-state index contributed by atoms with van der Waals surface area (Å²) < 4.78 is 18.1. The molecule has 0 bridgehead atoms. The minimum absolute atomic E-state index is 0.00675. The number of hydrazone groups is 1. The first-order valence-electron chi connectivity index (χ1n) is 10.3. The van der Waals surface area contributed by atoms with Crippen molar-refractivity contribution in [1.29, 1.82) is 0 Å². The number of ether oxygens (including phenoxy) is 3. The summed E-state index contributed by atoms with van der Waals surface area (Å²) >= 11 is 6.91. The summed E-state index contributed by atoms with van der Waals surface area (Å²) in [6.07, 6.45) is 1.46. The van der Waals surface area contributed by atoms with Crippen molar-refractivity contribution in [2.75, 3.05) is 13.7 Å². The summed E-state index contributed by atoms with van der Waals surface area (Å²) in [6, 6.07) is 14.5. The van der Waals surface area contributed by atoms with Crippen LogP contribution in [0.2, 0.25) is 0 Å². The molecular formula is C24H21Br2N3O6. The Morgan fingerprint density at radius 1 is 1.09 bits per heavy atom. The van der Waals surface area contributed by atoms with Gasteiger partial charge in [0.2, 0.25) is 0 Å². The fourth-order valence-electron chi connectivity index (χ4n) is 3.01. The zero-order valence-corrected chi connectivity index (χ0v) is 22.0. The van der Waals surface area contributed by atoms with Crippen LogP contribution < -0.4 is 19.6 Å². The number of hydrogen-bond acceptors (Lipinski definition) is 7. The summed E-state index contributed by atoms with van der Waals surface area (Å²) in [5.74, 6) is 1.06. The van der Waals surface area contributed by atoms with E-state index in [9.17, 15) is 14.9 Å². The van der Waals surface area contributed by atoms with Crippen molar-refractivity contribution in [1.82, 2.24) is 5.43 Å². The van der Waals surface area contributed by atoms with Gasteiger partial charge in [0.1, 0.15) is 12.4 Å². The van der Waals surface area contributed by atoms with Crippen LogP contribution >= 0.6 is 31.9 Å². The van der Waals surface area contributed by atoms with E-state index in [1.807, 2.05) is 13.0 Å². The van der Waals surface area contributed by atoms with E-state index in [1.165, 1.54) is 25.5 Å². The minimum atomic E-state index is -0.456. The topological polar surface area (TPSA) is 112 Å². The Labute approximate surface area is 218 Å². The number of nitro groups is 1. The van der Waals surface area contributed by atoms with Gasteiger partial charge >= 0.3 is 0 Å². The molecule has 11 heteroatoms. The summed E-state index contributed by atoms with van der Waals surface area (Å²) in [6.45, 7) is 2.51. The average Bonchev–Trinajstić information content (AvgIpc) is 2.84. The molecule has 0 atom stereocenters. The van der Waals surface area contributed by atoms with Crippen molar-refractivity contribution in [2.24, 2.45) is 5.10 Å². The van der Waals surface area contributed by atoms with Gasteiger partial charge in [0, 0.05) is 27.7 Å². The van der Waals surface area contributed by atoms with Crippen LogP contribution in [0.15, 0.2) is 68.6 Å². The molecule has 182 valence electrons. The van der Waals surface area contributed by atoms with E-state index >= 15 is 0 Å². The molecule has 0 unspecified atom stereocenters. The normalized spacial score (nSPS) is 10.7. The number of nitro benzene ring substituents is 1. The number of halogens is 2. The number of methoxy groups -OCH3 is 1. The summed E-state index contributed by atoms with van der Waals surface area (Å²) in [4.78, 5) is 22.9. The smallest absolute Gasteiger partial charge is 0.271 e. The summed E-state index contributed by atoms with van der Waals surface area (Å²) in [5.41, 5.74) is 4.20. The van der Waals surface area contributed by atoms with Crippen LogP contribution in [0.4, 0.5) is 5.69 Å². The predicted molar refractivity (Wildman–Crippen MR) is 138 cm³/mol. The van der Waals surface area contributed by atoms with Crippen molar-refractivity contribution < 1.29 is 23.9 Å². The minimum Gasteiger partial charge on any atom is -0.493 e. The molecular weight excluding hydrogens is 586 g/mol. The van der Waals surface area contributed by atoms with E-state index in [4.69, 9.17) is 14.2 Å². The second-order valence-electron chi connectivity index (χ2n) is 7.02. The van der Waals surface area contributed by atoms with E-state index in [1.54, 1.807) is 36.4 Å². The molecule has 0 aliphatic rings. The Hall–Kier alpha value is -3.44. The molecule has 1 amide bonds. The van der Waals surface area contributed by atoms with Gasteiger partial charge in [-0.2, -0.15) is 5.10 Å². The number of carbonyl (C=O) groups is 1. The second-order valence-corrected chi connectivity index (χ2v) is 8.79. The molecule has 3 rings (SSSR count). The molecule has 0 saturated carbocycles. The van der Waals surface area contributed by atoms with E-state index in [0.717, 1.165) is 10.0 Å². The first-order valence-corrected chi connectivity index (χ1v) is 11.9. The number of nitrogens with zero attached hydrogens (tertiary/aromatic N) is 2. The number of benzene rings is 3. The third kappa shape index (κ3) is 7.03. The molecule has 0 heterocycles. The number of carbonyl (C=O) groups excluding carboxylic acids is 1. The lowest BCUT2D eigenvalue weighted by Crippen LogP contribution is -2.17. The number of hydrogen-bond donors (Lipinski definition) is 1. The Morgan fingerprint density at radius 2 is 1.83 bits per heavy atom. The van der Waals surface area contributed by atoms with Gasteiger partial charge in [-0.25, -0.2) is 5.43 Å². The maximum absolute atomic E-state index is 12.6. The third-order valence-electron chi connectivity index (χ3n) is 4.66. The number of nitrogens with one attached hydrogen (secondary N) is 1. The SMILES string of the molecule is CCOc1ccc(C(=O)N/N=C/c2cc(Br)cc(Br)c2OCc2ccc([N+](=O)[O-])cc2)cc1OC. The largest absolute Gasteiger partial charge is 0.493 e. The molecule has 0 aliphatic heterocycles. The second kappa shape index (κ2) is 12.3. The highest BCUT2D eigenvalue weighted by Crippen LogP contribution is 2.33. The predicted octanol–water partition coefficient (Wildman–Crippen LogP) is 5.87. The first kappa shape index (κ1) is 26.2. The highest BCUT2D eigenvalue weighted by atomic mass is 79.9. The number of non-ortho nitro benzene ring substituents is 1. The van der Waals surface area contributed by atoms with Crippen molar-refractivity contribution >= 4 is 49.7 Å². The van der Waals surface area contributed by atoms with Gasteiger partial charge < -0.3 is 14.2 Å². The Bertz CT molecular complexity index is 1250. The van der Waals surface area contributed by atoms with Crippen LogP contribution in [-0.4, -0.2) is 30.8 Å². The van der Waals surface area contributed by atoms with Crippen LogP contribution in [-0.2, 0) is 6.61 Å². The van der Waals surface area contributed by atoms with Crippen molar-refractivity contribution in [3.05, 3.63) is 90.3 Å². The standard InChI is InChI=1S/C24H21Br2N3O6/c1-3-34-21-9-6-16(11-22(21)33-2)24(30)28-27-13-17-10-18(25)12-20(26)23(17)35-14-15-4-7-19(8-5-15)29(31)32/h4-13H,3,14H2,1-2H3,(H,28,30)/b27-13+. The molecule has 1 N–H and O–H groups in total. The summed E-state index contributed by atoms with van der Waals surface area (Å²) in [7, 11) is 1.50. The highest BCUT2D eigenvalue weighted by molar-refractivity contribution is 9.11. The fraction of sp³-hybridized carbons (Fsp3) is 0.167. The van der Waals surface area contributed by atoms with Crippen molar-refractivity contribution in [3.63, 3.8) is 0 Å². The van der Waals surface area contributed by atoms with E-state index in [-0.39, 0.29) is 12.3 Å². The molecule has 0 saturated heterocycles. The van der Waals surface area contributed by atoms with E-state index < -0.39 is 10.8 Å². The Kier molecular flexibility index (Phi) is 9.21. The molecule has 0 radical (unpaired) electrons. The van der Waals surface area contributed by atoms with Crippen LogP contribution in [0.1, 0.15) is 28.4 Å². The lowest BCUT2D eigenvalue weighted by Gasteiger charge is -2.12. The lowest BCUT2D eigenvalue weighted by molar-refractivity contribution is -0.384. The maximum atomic E-state index is 12.6. The monoisotopic (exact) mass is 605 g/mol. The quantitative estimate of drug-likeness (QED) is 0.175. The van der Waals surface area contributed by atoms with Crippen LogP contribution in [0.25, 0.3) is 0 Å². The van der Waals surface area contributed by atoms with Crippen LogP contribution in [0.3, 0.4) is 0 Å². The van der Waals surface area contributed by atoms with Crippen LogP contribution in [0, 0.1) is 10.1 Å². The molecule has 0 aromatic heterocycles. The molecule has 35 heavy (non-hydrogen) atoms. The third-order valence-corrected chi connectivity index (χ3v) is 5.71. The maximum Gasteiger partial charge on any atom is 0.271 e. The molecule has 0 aliphatic carbocycles. The van der Waals surface area contributed by atoms with Crippen LogP contribution in [0.5, 0.6) is 17.2 Å². The van der Waals surface area contributed by atoms with Gasteiger partial charge in [-0.05, 0) is 70.9 Å². The Morgan fingerprint density at radius 3 is 2.49 bits per heavy atom. The summed E-state index contributed by atoms with van der Waals surface area (Å²) in [5, 5.41) is 14.9. The first-order chi connectivity index (χ1) is 16.8. The zero-order chi connectivity index (χ0) is 25.4. The zero-order valence-electron chi connectivity index (χ0n) is 18.8. The number of amides is 1. The molecule has 0 fully saturated rings. The molecule has 9 nitrogen and oxygen atoms in total. The Balaban J connectivity index is 1.73. The van der Waals surface area contributed by atoms with Gasteiger partial charge in [0.05, 0.1) is 29.3 Å². The lowest BCUT2D eigenvalue weighted by atomic mass is 10.2. The van der Waals surface area contributed by atoms with Gasteiger partial charge in [0.15, 0.2) is 11.5 Å². The fourth-order valence-corrected chi connectivity index (χ4v) is 4.38. The molecule has 3 aromatic rings. The van der Waals surface area contributed by atoms with Gasteiger partial charge in [-0.1, -0.05) is 15.9 Å². The van der Waals surface area contributed by atoms with Gasteiger partial charge in [-0.15, -0.1) is 0 Å². The highest BCUT2D eigenvalue weighted by Gasteiger charge is 2.13.